The summed E-state index contributed by atoms with van der Waals surface area (Å²) >= 11 is 0. The third kappa shape index (κ3) is 4.53. The van der Waals surface area contributed by atoms with Crippen LogP contribution in [0.2, 0.25) is 0 Å². The average Bonchev–Trinajstić information content (AvgIpc) is 3.15. The largest absolute Gasteiger partial charge is 0.269 e. The molecule has 0 radical (unpaired) electrons. The number of aromatic nitrogens is 2. The zero-order valence-electron chi connectivity index (χ0n) is 17.7. The predicted octanol–water partition coefficient (Wildman–Crippen LogP) is 5.16. The number of hydrogen-bond acceptors (Lipinski definition) is 3. The molecule has 1 heterocycles. The maximum Gasteiger partial charge on any atom is 0.268 e. The molecule has 3 rings (SSSR count). The molecule has 29 heavy (non-hydrogen) atoms. The molecule has 0 unspecified atom stereocenters. The highest BCUT2D eigenvalue weighted by Gasteiger charge is 2.34. The van der Waals surface area contributed by atoms with Crippen molar-refractivity contribution < 1.29 is 8.42 Å². The molecule has 0 amide bonds. The normalized spacial score (nSPS) is 12.3. The third-order valence-corrected chi connectivity index (χ3v) is 6.49. The van der Waals surface area contributed by atoms with Gasteiger partial charge in [-0.1, -0.05) is 69.3 Å². The molecular formula is C23H29N3O2S. The molecule has 0 spiro atoms. The van der Waals surface area contributed by atoms with Gasteiger partial charge in [-0.05, 0) is 31.5 Å². The van der Waals surface area contributed by atoms with Crippen LogP contribution in [0.3, 0.4) is 0 Å². The summed E-state index contributed by atoms with van der Waals surface area (Å²) < 4.78 is 31.0. The Labute approximate surface area is 174 Å². The van der Waals surface area contributed by atoms with Gasteiger partial charge in [-0.25, -0.2) is 8.42 Å². The molecule has 3 aromatic rings. The first-order valence-electron chi connectivity index (χ1n) is 9.82. The van der Waals surface area contributed by atoms with Crippen molar-refractivity contribution in [1.82, 2.24) is 9.78 Å². The van der Waals surface area contributed by atoms with Crippen molar-refractivity contribution in [2.24, 2.45) is 0 Å². The fourth-order valence-electron chi connectivity index (χ4n) is 3.13. The van der Waals surface area contributed by atoms with Crippen molar-refractivity contribution in [3.63, 3.8) is 0 Å². The number of benzene rings is 2. The second-order valence-corrected chi connectivity index (χ2v) is 10.3. The molecule has 154 valence electrons. The van der Waals surface area contributed by atoms with E-state index < -0.39 is 15.4 Å². The average molecular weight is 412 g/mol. The lowest BCUT2D eigenvalue weighted by atomic mass is 9.92. The van der Waals surface area contributed by atoms with Crippen LogP contribution in [0.1, 0.15) is 51.9 Å². The Morgan fingerprint density at radius 2 is 1.52 bits per heavy atom. The molecule has 0 aliphatic rings. The van der Waals surface area contributed by atoms with Crippen molar-refractivity contribution in [2.45, 2.75) is 57.5 Å². The van der Waals surface area contributed by atoms with Gasteiger partial charge in [-0.3, -0.25) is 8.99 Å². The molecule has 0 aliphatic heterocycles. The van der Waals surface area contributed by atoms with Crippen molar-refractivity contribution >= 4 is 15.7 Å². The van der Waals surface area contributed by atoms with E-state index in [-0.39, 0.29) is 17.5 Å². The highest BCUT2D eigenvalue weighted by atomic mass is 32.2. The van der Waals surface area contributed by atoms with Crippen molar-refractivity contribution in [1.29, 1.82) is 0 Å². The van der Waals surface area contributed by atoms with E-state index in [1.807, 2.05) is 95.3 Å². The van der Waals surface area contributed by atoms with Gasteiger partial charge in [-0.2, -0.15) is 5.10 Å². The number of hydrogen-bond donors (Lipinski definition) is 0. The topological polar surface area (TPSA) is 55.2 Å². The maximum atomic E-state index is 13.9. The van der Waals surface area contributed by atoms with E-state index in [0.29, 0.717) is 11.4 Å². The Morgan fingerprint density at radius 1 is 0.966 bits per heavy atom. The molecule has 0 aliphatic carbocycles. The van der Waals surface area contributed by atoms with Gasteiger partial charge in [0, 0.05) is 17.7 Å². The smallest absolute Gasteiger partial charge is 0.268 e. The zero-order valence-corrected chi connectivity index (χ0v) is 18.5. The van der Waals surface area contributed by atoms with Crippen LogP contribution in [0.25, 0.3) is 0 Å². The van der Waals surface area contributed by atoms with Gasteiger partial charge < -0.3 is 0 Å². The highest BCUT2D eigenvalue weighted by Crippen LogP contribution is 2.33. The lowest BCUT2D eigenvalue weighted by molar-refractivity contribution is 0.493. The Kier molecular flexibility index (Phi) is 5.85. The molecule has 0 saturated heterocycles. The first-order chi connectivity index (χ1) is 13.6. The summed E-state index contributed by atoms with van der Waals surface area (Å²) in [6, 6.07) is 18.9. The Balaban J connectivity index is 2.17. The quantitative estimate of drug-likeness (QED) is 0.563. The van der Waals surface area contributed by atoms with Crippen LogP contribution in [0.4, 0.5) is 5.69 Å². The molecule has 0 fully saturated rings. The first-order valence-corrected chi connectivity index (χ1v) is 11.3. The summed E-state index contributed by atoms with van der Waals surface area (Å²) in [5.74, 6) is 0. The van der Waals surface area contributed by atoms with Gasteiger partial charge in [0.15, 0.2) is 0 Å². The molecule has 1 aromatic heterocycles. The highest BCUT2D eigenvalue weighted by molar-refractivity contribution is 7.92. The summed E-state index contributed by atoms with van der Waals surface area (Å²) in [6.45, 7) is 10.2. The van der Waals surface area contributed by atoms with Crippen LogP contribution >= 0.6 is 0 Å². The van der Waals surface area contributed by atoms with Crippen LogP contribution in [0.5, 0.6) is 0 Å². The molecule has 2 aromatic carbocycles. The molecule has 0 saturated carbocycles. The minimum absolute atomic E-state index is 0.0688. The summed E-state index contributed by atoms with van der Waals surface area (Å²) in [4.78, 5) is 0.262. The van der Waals surface area contributed by atoms with Crippen LogP contribution in [-0.4, -0.2) is 18.2 Å². The molecule has 0 bridgehead atoms. The van der Waals surface area contributed by atoms with E-state index in [2.05, 4.69) is 5.10 Å². The fourth-order valence-corrected chi connectivity index (χ4v) is 4.91. The van der Waals surface area contributed by atoms with Gasteiger partial charge >= 0.3 is 0 Å². The van der Waals surface area contributed by atoms with Gasteiger partial charge in [0.2, 0.25) is 0 Å². The van der Waals surface area contributed by atoms with Crippen LogP contribution in [0.15, 0.2) is 71.8 Å². The number of rotatable bonds is 6. The van der Waals surface area contributed by atoms with E-state index >= 15 is 0 Å². The van der Waals surface area contributed by atoms with Gasteiger partial charge in [0.25, 0.3) is 10.0 Å². The molecule has 0 N–H and O–H groups in total. The lowest BCUT2D eigenvalue weighted by Gasteiger charge is -2.26. The standard InChI is InChI=1S/C23H29N3O2S/c1-18(2)25-17-21(22(24-25)23(3,4)5)29(27,28)26(20-14-10-7-11-15-20)16-19-12-8-6-9-13-19/h6-15,17-18H,16H2,1-5H3. The van der Waals surface area contributed by atoms with E-state index in [4.69, 9.17) is 0 Å². The summed E-state index contributed by atoms with van der Waals surface area (Å²) in [5, 5.41) is 4.64. The number of nitrogens with zero attached hydrogens (tertiary/aromatic N) is 3. The lowest BCUT2D eigenvalue weighted by Crippen LogP contribution is -2.32. The Hall–Kier alpha value is -2.60. The summed E-state index contributed by atoms with van der Waals surface area (Å²) in [5.41, 5.74) is 1.74. The van der Waals surface area contributed by atoms with Crippen LogP contribution in [-0.2, 0) is 22.0 Å². The molecular weight excluding hydrogens is 382 g/mol. The second kappa shape index (κ2) is 8.03. The van der Waals surface area contributed by atoms with Crippen molar-refractivity contribution in [2.75, 3.05) is 4.31 Å². The number of sulfonamides is 1. The van der Waals surface area contributed by atoms with E-state index in [9.17, 15) is 8.42 Å². The third-order valence-electron chi connectivity index (χ3n) is 4.72. The van der Waals surface area contributed by atoms with Crippen molar-refractivity contribution in [3.8, 4) is 0 Å². The van der Waals surface area contributed by atoms with Crippen LogP contribution in [0, 0.1) is 0 Å². The minimum atomic E-state index is -3.83. The summed E-state index contributed by atoms with van der Waals surface area (Å²) in [6.07, 6.45) is 1.67. The molecule has 0 atom stereocenters. The van der Waals surface area contributed by atoms with E-state index in [0.717, 1.165) is 5.56 Å². The zero-order chi connectivity index (χ0) is 21.2. The van der Waals surface area contributed by atoms with Crippen molar-refractivity contribution in [3.05, 3.63) is 78.1 Å². The predicted molar refractivity (Wildman–Crippen MR) is 118 cm³/mol. The molecule has 5 nitrogen and oxygen atoms in total. The Bertz CT molecular complexity index is 1050. The SMILES string of the molecule is CC(C)n1cc(S(=O)(=O)N(Cc2ccccc2)c2ccccc2)c(C(C)(C)C)n1. The monoisotopic (exact) mass is 411 g/mol. The van der Waals surface area contributed by atoms with Gasteiger partial charge in [0.1, 0.15) is 4.90 Å². The molecule has 6 heteroatoms. The van der Waals surface area contributed by atoms with Gasteiger partial charge in [-0.15, -0.1) is 0 Å². The number of para-hydroxylation sites is 1. The summed E-state index contributed by atoms with van der Waals surface area (Å²) in [7, 11) is -3.83. The first kappa shape index (κ1) is 21.1. The number of anilines is 1. The van der Waals surface area contributed by atoms with E-state index in [1.54, 1.807) is 10.9 Å². The second-order valence-electron chi connectivity index (χ2n) is 8.50. The van der Waals surface area contributed by atoms with E-state index in [1.165, 1.54) is 4.31 Å². The Morgan fingerprint density at radius 3 is 2.03 bits per heavy atom. The maximum absolute atomic E-state index is 13.9. The fraction of sp³-hybridized carbons (Fsp3) is 0.348. The van der Waals surface area contributed by atoms with Crippen LogP contribution < -0.4 is 4.31 Å². The minimum Gasteiger partial charge on any atom is -0.269 e. The van der Waals surface area contributed by atoms with Gasteiger partial charge in [0.05, 0.1) is 17.9 Å².